The van der Waals surface area contributed by atoms with E-state index in [1.54, 1.807) is 0 Å². The number of amides is 1. The van der Waals surface area contributed by atoms with Crippen LogP contribution < -0.4 is 10.6 Å². The number of piperidine rings is 1. The number of hydrogen-bond acceptors (Lipinski definition) is 4. The number of nitro groups is 1. The first kappa shape index (κ1) is 13.5. The molecule has 2 rings (SSSR count). The molecular formula is C12H18N4O3. The molecule has 1 amide bonds. The molecule has 0 aliphatic carbocycles. The number of carbonyl (C=O) groups excluding carboxylic acids is 1. The van der Waals surface area contributed by atoms with Crippen LogP contribution in [0, 0.1) is 15.5 Å². The zero-order chi connectivity index (χ0) is 14.0. The fraction of sp³-hybridized carbons (Fsp3) is 0.583. The van der Waals surface area contributed by atoms with Gasteiger partial charge in [0.1, 0.15) is 5.69 Å². The molecule has 1 aliphatic heterocycles. The zero-order valence-corrected chi connectivity index (χ0v) is 11.0. The molecule has 7 nitrogen and oxygen atoms in total. The molecule has 1 fully saturated rings. The van der Waals surface area contributed by atoms with Gasteiger partial charge < -0.3 is 15.6 Å². The van der Waals surface area contributed by atoms with Gasteiger partial charge in [0.2, 0.25) is 0 Å². The van der Waals surface area contributed by atoms with E-state index in [9.17, 15) is 14.9 Å². The Bertz CT molecular complexity index is 495. The van der Waals surface area contributed by atoms with E-state index in [2.05, 4.69) is 29.5 Å². The SMILES string of the molecule is CC1(C)CNCCC1NC(=O)c1cc([N+](=O)[O-])c[nH]1. The molecule has 1 aromatic heterocycles. The van der Waals surface area contributed by atoms with Crippen LogP contribution in [-0.4, -0.2) is 34.9 Å². The van der Waals surface area contributed by atoms with Gasteiger partial charge in [0.25, 0.3) is 11.6 Å². The highest BCUT2D eigenvalue weighted by Crippen LogP contribution is 2.25. The van der Waals surface area contributed by atoms with Gasteiger partial charge >= 0.3 is 0 Å². The van der Waals surface area contributed by atoms with Crippen LogP contribution in [0.3, 0.4) is 0 Å². The first-order chi connectivity index (χ1) is 8.90. The Labute approximate surface area is 110 Å². The lowest BCUT2D eigenvalue weighted by molar-refractivity contribution is -0.384. The van der Waals surface area contributed by atoms with Crippen molar-refractivity contribution in [3.05, 3.63) is 28.1 Å². The van der Waals surface area contributed by atoms with Crippen LogP contribution >= 0.6 is 0 Å². The van der Waals surface area contributed by atoms with Gasteiger partial charge in [-0.2, -0.15) is 0 Å². The lowest BCUT2D eigenvalue weighted by atomic mass is 9.80. The number of hydrogen-bond donors (Lipinski definition) is 3. The van der Waals surface area contributed by atoms with Gasteiger partial charge in [-0.25, -0.2) is 0 Å². The van der Waals surface area contributed by atoms with Gasteiger partial charge in [-0.3, -0.25) is 14.9 Å². The first-order valence-corrected chi connectivity index (χ1v) is 6.24. The van der Waals surface area contributed by atoms with Gasteiger partial charge in [0.15, 0.2) is 0 Å². The molecule has 2 heterocycles. The van der Waals surface area contributed by atoms with Crippen molar-refractivity contribution in [2.24, 2.45) is 5.41 Å². The Balaban J connectivity index is 2.05. The minimum absolute atomic E-state index is 0.0353. The summed E-state index contributed by atoms with van der Waals surface area (Å²) in [6.45, 7) is 5.87. The fourth-order valence-corrected chi connectivity index (χ4v) is 2.29. The van der Waals surface area contributed by atoms with Crippen molar-refractivity contribution in [1.82, 2.24) is 15.6 Å². The monoisotopic (exact) mass is 266 g/mol. The first-order valence-electron chi connectivity index (χ1n) is 6.24. The van der Waals surface area contributed by atoms with Crippen LogP contribution in [0.1, 0.15) is 30.8 Å². The number of rotatable bonds is 3. The molecule has 0 bridgehead atoms. The number of carbonyl (C=O) groups is 1. The van der Waals surface area contributed by atoms with Crippen LogP contribution in [0.15, 0.2) is 12.3 Å². The molecule has 1 saturated heterocycles. The molecular weight excluding hydrogens is 248 g/mol. The second-order valence-electron chi connectivity index (χ2n) is 5.51. The summed E-state index contributed by atoms with van der Waals surface area (Å²) in [6.07, 6.45) is 2.07. The summed E-state index contributed by atoms with van der Waals surface area (Å²) in [5, 5.41) is 16.8. The molecule has 3 N–H and O–H groups in total. The molecule has 1 atom stereocenters. The molecule has 1 aromatic rings. The van der Waals surface area contributed by atoms with Crippen LogP contribution in [0.25, 0.3) is 0 Å². The minimum atomic E-state index is -0.526. The summed E-state index contributed by atoms with van der Waals surface area (Å²) >= 11 is 0. The minimum Gasteiger partial charge on any atom is -0.351 e. The Morgan fingerprint density at radius 2 is 2.32 bits per heavy atom. The fourth-order valence-electron chi connectivity index (χ4n) is 2.29. The largest absolute Gasteiger partial charge is 0.351 e. The smallest absolute Gasteiger partial charge is 0.287 e. The highest BCUT2D eigenvalue weighted by atomic mass is 16.6. The van der Waals surface area contributed by atoms with Gasteiger partial charge in [0.05, 0.1) is 11.1 Å². The summed E-state index contributed by atoms with van der Waals surface area (Å²) < 4.78 is 0. The van der Waals surface area contributed by atoms with Gasteiger partial charge in [0, 0.05) is 18.7 Å². The van der Waals surface area contributed by atoms with E-state index in [0.717, 1.165) is 19.5 Å². The normalized spacial score (nSPS) is 21.9. The third-order valence-electron chi connectivity index (χ3n) is 3.56. The molecule has 19 heavy (non-hydrogen) atoms. The predicted octanol–water partition coefficient (Wildman–Crippen LogP) is 1.04. The van der Waals surface area contributed by atoms with E-state index < -0.39 is 4.92 Å². The van der Waals surface area contributed by atoms with E-state index in [0.29, 0.717) is 0 Å². The summed E-state index contributed by atoms with van der Waals surface area (Å²) in [7, 11) is 0. The topological polar surface area (TPSA) is 100 Å². The lowest BCUT2D eigenvalue weighted by Gasteiger charge is -2.39. The van der Waals surface area contributed by atoms with Crippen molar-refractivity contribution in [1.29, 1.82) is 0 Å². The van der Waals surface area contributed by atoms with Crippen LogP contribution in [0.2, 0.25) is 0 Å². The molecule has 0 radical (unpaired) electrons. The quantitative estimate of drug-likeness (QED) is 0.562. The van der Waals surface area contributed by atoms with Crippen molar-refractivity contribution in [2.45, 2.75) is 26.3 Å². The molecule has 0 saturated carbocycles. The predicted molar refractivity (Wildman–Crippen MR) is 70.0 cm³/mol. The number of aromatic amines is 1. The van der Waals surface area contributed by atoms with Crippen LogP contribution in [0.5, 0.6) is 0 Å². The van der Waals surface area contributed by atoms with Crippen molar-refractivity contribution in [2.75, 3.05) is 13.1 Å². The van der Waals surface area contributed by atoms with Gasteiger partial charge in [-0.1, -0.05) is 13.8 Å². The lowest BCUT2D eigenvalue weighted by Crippen LogP contribution is -2.54. The third kappa shape index (κ3) is 2.93. The van der Waals surface area contributed by atoms with E-state index in [1.165, 1.54) is 12.3 Å². The Kier molecular flexibility index (Phi) is 3.57. The van der Waals surface area contributed by atoms with Crippen molar-refractivity contribution in [3.8, 4) is 0 Å². The average molecular weight is 266 g/mol. The second kappa shape index (κ2) is 5.00. The third-order valence-corrected chi connectivity index (χ3v) is 3.56. The van der Waals surface area contributed by atoms with Crippen molar-refractivity contribution >= 4 is 11.6 Å². The number of nitrogens with one attached hydrogen (secondary N) is 3. The summed E-state index contributed by atoms with van der Waals surface area (Å²) in [6, 6.07) is 1.31. The summed E-state index contributed by atoms with van der Waals surface area (Å²) in [5.41, 5.74) is 0.0858. The number of H-pyrrole nitrogens is 1. The van der Waals surface area contributed by atoms with Crippen molar-refractivity contribution < 1.29 is 9.72 Å². The van der Waals surface area contributed by atoms with Crippen LogP contribution in [-0.2, 0) is 0 Å². The second-order valence-corrected chi connectivity index (χ2v) is 5.51. The Morgan fingerprint density at radius 3 is 2.89 bits per heavy atom. The molecule has 104 valence electrons. The molecule has 0 aromatic carbocycles. The molecule has 1 aliphatic rings. The standard InChI is InChI=1S/C12H18N4O3/c1-12(2)7-13-4-3-10(12)15-11(17)9-5-8(6-14-9)16(18)19/h5-6,10,13-14H,3-4,7H2,1-2H3,(H,15,17). The van der Waals surface area contributed by atoms with E-state index in [1.807, 2.05) is 0 Å². The summed E-state index contributed by atoms with van der Waals surface area (Å²) in [4.78, 5) is 24.7. The number of nitrogens with zero attached hydrogens (tertiary/aromatic N) is 1. The van der Waals surface area contributed by atoms with Crippen LogP contribution in [0.4, 0.5) is 5.69 Å². The Hall–Kier alpha value is -1.89. The average Bonchev–Trinajstić information content (AvgIpc) is 2.81. The Morgan fingerprint density at radius 1 is 1.58 bits per heavy atom. The molecule has 7 heteroatoms. The maximum absolute atomic E-state index is 12.1. The maximum atomic E-state index is 12.1. The summed E-state index contributed by atoms with van der Waals surface area (Å²) in [5.74, 6) is -0.298. The number of aromatic nitrogens is 1. The molecule has 1 unspecified atom stereocenters. The van der Waals surface area contributed by atoms with E-state index >= 15 is 0 Å². The zero-order valence-electron chi connectivity index (χ0n) is 11.0. The van der Waals surface area contributed by atoms with E-state index in [-0.39, 0.29) is 28.7 Å². The van der Waals surface area contributed by atoms with E-state index in [4.69, 9.17) is 0 Å². The maximum Gasteiger partial charge on any atom is 0.287 e. The van der Waals surface area contributed by atoms with Gasteiger partial charge in [-0.15, -0.1) is 0 Å². The van der Waals surface area contributed by atoms with Crippen molar-refractivity contribution in [3.63, 3.8) is 0 Å². The highest BCUT2D eigenvalue weighted by Gasteiger charge is 2.33. The highest BCUT2D eigenvalue weighted by molar-refractivity contribution is 5.93. The van der Waals surface area contributed by atoms with Gasteiger partial charge in [-0.05, 0) is 18.4 Å². The molecule has 0 spiro atoms.